The number of fused-ring (bicyclic) bond motifs is 1. The lowest BCUT2D eigenvalue weighted by molar-refractivity contribution is 0.505. The van der Waals surface area contributed by atoms with Crippen molar-refractivity contribution in [2.75, 3.05) is 29.5 Å². The van der Waals surface area contributed by atoms with Gasteiger partial charge in [-0.3, -0.25) is 0 Å². The van der Waals surface area contributed by atoms with Crippen LogP contribution in [0.2, 0.25) is 0 Å². The Labute approximate surface area is 146 Å². The van der Waals surface area contributed by atoms with Crippen LogP contribution in [0, 0.1) is 27.7 Å². The fourth-order valence-electron chi connectivity index (χ4n) is 3.35. The van der Waals surface area contributed by atoms with Crippen molar-refractivity contribution in [3.05, 3.63) is 34.9 Å². The van der Waals surface area contributed by atoms with E-state index < -0.39 is 0 Å². The fourth-order valence-corrected chi connectivity index (χ4v) is 4.25. The van der Waals surface area contributed by atoms with Crippen LogP contribution in [0.4, 0.5) is 5.82 Å². The van der Waals surface area contributed by atoms with Crippen molar-refractivity contribution >= 4 is 23.2 Å². The highest BCUT2D eigenvalue weighted by atomic mass is 32.2. The van der Waals surface area contributed by atoms with Crippen LogP contribution in [-0.2, 0) is 0 Å². The van der Waals surface area contributed by atoms with Gasteiger partial charge >= 0.3 is 0 Å². The minimum absolute atomic E-state index is 0.902. The minimum atomic E-state index is 0.902. The Morgan fingerprint density at radius 1 is 1.08 bits per heavy atom. The molecule has 0 atom stereocenters. The Morgan fingerprint density at radius 2 is 1.83 bits per heavy atom. The molecule has 6 heteroatoms. The zero-order valence-electron chi connectivity index (χ0n) is 14.6. The second-order valence-electron chi connectivity index (χ2n) is 6.37. The van der Waals surface area contributed by atoms with Gasteiger partial charge in [-0.1, -0.05) is 0 Å². The van der Waals surface area contributed by atoms with E-state index >= 15 is 0 Å². The third-order valence-corrected chi connectivity index (χ3v) is 5.62. The topological polar surface area (TPSA) is 46.6 Å². The first-order valence-electron chi connectivity index (χ1n) is 8.31. The third kappa shape index (κ3) is 2.49. The Hall–Kier alpha value is -1.95. The van der Waals surface area contributed by atoms with Crippen molar-refractivity contribution < 1.29 is 4.42 Å². The molecule has 0 N–H and O–H groups in total. The van der Waals surface area contributed by atoms with Crippen molar-refractivity contribution in [1.29, 1.82) is 0 Å². The van der Waals surface area contributed by atoms with E-state index in [1.807, 2.05) is 36.2 Å². The van der Waals surface area contributed by atoms with Gasteiger partial charge in [0.2, 0.25) is 0 Å². The predicted molar refractivity (Wildman–Crippen MR) is 99.2 cm³/mol. The van der Waals surface area contributed by atoms with Crippen molar-refractivity contribution in [3.8, 4) is 11.3 Å². The molecule has 4 heterocycles. The predicted octanol–water partition coefficient (Wildman–Crippen LogP) is 3.78. The number of hydrogen-bond donors (Lipinski definition) is 0. The number of thioether (sulfide) groups is 1. The van der Waals surface area contributed by atoms with E-state index in [1.54, 1.807) is 0 Å². The summed E-state index contributed by atoms with van der Waals surface area (Å²) in [5.74, 6) is 5.32. The van der Waals surface area contributed by atoms with Gasteiger partial charge in [0.15, 0.2) is 5.65 Å². The van der Waals surface area contributed by atoms with Gasteiger partial charge < -0.3 is 9.32 Å². The maximum Gasteiger partial charge on any atom is 0.158 e. The summed E-state index contributed by atoms with van der Waals surface area (Å²) in [4.78, 5) is 7.19. The van der Waals surface area contributed by atoms with Gasteiger partial charge in [0.05, 0.1) is 5.69 Å². The van der Waals surface area contributed by atoms with Gasteiger partial charge in [0.25, 0.3) is 0 Å². The van der Waals surface area contributed by atoms with Crippen LogP contribution >= 0.6 is 11.8 Å². The average Bonchev–Trinajstić information content (AvgIpc) is 3.11. The SMILES string of the molecule is Cc1cc(-c2cc3nc(C)c(C)c(N4CCSCC4)n3n2)c(C)o1. The summed E-state index contributed by atoms with van der Waals surface area (Å²) in [5.41, 5.74) is 5.16. The van der Waals surface area contributed by atoms with E-state index in [2.05, 4.69) is 24.8 Å². The molecule has 1 saturated heterocycles. The molecule has 0 radical (unpaired) electrons. The van der Waals surface area contributed by atoms with Gasteiger partial charge in [-0.15, -0.1) is 0 Å². The molecule has 0 saturated carbocycles. The highest BCUT2D eigenvalue weighted by Gasteiger charge is 2.21. The maximum atomic E-state index is 5.68. The standard InChI is InChI=1S/C18H22N4OS/c1-11-9-15(14(4)23-11)16-10-17-19-13(3)12(2)18(22(17)20-16)21-5-7-24-8-6-21/h9-10H,5-8H2,1-4H3. The monoisotopic (exact) mass is 342 g/mol. The number of nitrogens with zero attached hydrogens (tertiary/aromatic N) is 4. The summed E-state index contributed by atoms with van der Waals surface area (Å²) in [7, 11) is 0. The van der Waals surface area contributed by atoms with E-state index in [9.17, 15) is 0 Å². The molecule has 0 unspecified atom stereocenters. The normalized spacial score (nSPS) is 15.4. The lowest BCUT2D eigenvalue weighted by atomic mass is 10.2. The van der Waals surface area contributed by atoms with Crippen LogP contribution in [0.5, 0.6) is 0 Å². The summed E-state index contributed by atoms with van der Waals surface area (Å²) in [6.07, 6.45) is 0. The largest absolute Gasteiger partial charge is 0.466 e. The lowest BCUT2D eigenvalue weighted by Gasteiger charge is -2.30. The second kappa shape index (κ2) is 5.84. The van der Waals surface area contributed by atoms with E-state index in [0.717, 1.165) is 58.7 Å². The molecule has 0 bridgehead atoms. The number of hydrogen-bond acceptors (Lipinski definition) is 5. The quantitative estimate of drug-likeness (QED) is 0.709. The smallest absolute Gasteiger partial charge is 0.158 e. The van der Waals surface area contributed by atoms with Gasteiger partial charge in [-0.2, -0.15) is 21.4 Å². The Kier molecular flexibility index (Phi) is 3.79. The number of anilines is 1. The first-order chi connectivity index (χ1) is 11.5. The minimum Gasteiger partial charge on any atom is -0.466 e. The fraction of sp³-hybridized carbons (Fsp3) is 0.444. The first-order valence-corrected chi connectivity index (χ1v) is 9.47. The molecule has 24 heavy (non-hydrogen) atoms. The molecule has 0 aromatic carbocycles. The third-order valence-electron chi connectivity index (χ3n) is 4.68. The molecule has 1 aliphatic heterocycles. The number of aromatic nitrogens is 3. The van der Waals surface area contributed by atoms with E-state index in [1.165, 1.54) is 11.4 Å². The van der Waals surface area contributed by atoms with Crippen molar-refractivity contribution in [2.45, 2.75) is 27.7 Å². The lowest BCUT2D eigenvalue weighted by Crippen LogP contribution is -2.35. The maximum absolute atomic E-state index is 5.68. The molecule has 126 valence electrons. The van der Waals surface area contributed by atoms with Crippen LogP contribution < -0.4 is 4.90 Å². The molecule has 0 amide bonds. The zero-order chi connectivity index (χ0) is 16.8. The Bertz CT molecular complexity index is 906. The molecule has 3 aromatic heterocycles. The highest BCUT2D eigenvalue weighted by molar-refractivity contribution is 7.99. The van der Waals surface area contributed by atoms with E-state index in [-0.39, 0.29) is 0 Å². The summed E-state index contributed by atoms with van der Waals surface area (Å²) in [5, 5.41) is 4.88. The van der Waals surface area contributed by atoms with Gasteiger partial charge in [0.1, 0.15) is 17.3 Å². The Morgan fingerprint density at radius 3 is 2.50 bits per heavy atom. The molecule has 3 aromatic rings. The van der Waals surface area contributed by atoms with Crippen molar-refractivity contribution in [3.63, 3.8) is 0 Å². The van der Waals surface area contributed by atoms with Gasteiger partial charge in [0, 0.05) is 47.5 Å². The molecule has 1 fully saturated rings. The molecule has 0 aliphatic carbocycles. The first kappa shape index (κ1) is 15.6. The second-order valence-corrected chi connectivity index (χ2v) is 7.60. The zero-order valence-corrected chi connectivity index (χ0v) is 15.4. The van der Waals surface area contributed by atoms with Gasteiger partial charge in [-0.05, 0) is 33.8 Å². The summed E-state index contributed by atoms with van der Waals surface area (Å²) >= 11 is 2.02. The molecular weight excluding hydrogens is 320 g/mol. The van der Waals surface area contributed by atoms with Crippen LogP contribution in [0.25, 0.3) is 16.9 Å². The van der Waals surface area contributed by atoms with Gasteiger partial charge in [-0.25, -0.2) is 4.98 Å². The van der Waals surface area contributed by atoms with E-state index in [4.69, 9.17) is 14.5 Å². The summed E-state index contributed by atoms with van der Waals surface area (Å²) < 4.78 is 7.69. The Balaban J connectivity index is 1.91. The average molecular weight is 342 g/mol. The molecule has 4 rings (SSSR count). The molecule has 0 spiro atoms. The molecule has 1 aliphatic rings. The highest BCUT2D eigenvalue weighted by Crippen LogP contribution is 2.30. The van der Waals surface area contributed by atoms with Crippen LogP contribution in [-0.4, -0.2) is 39.2 Å². The number of aryl methyl sites for hydroxylation is 3. The molecular formula is C18H22N4OS. The van der Waals surface area contributed by atoms with Crippen LogP contribution in [0.3, 0.4) is 0 Å². The van der Waals surface area contributed by atoms with Crippen molar-refractivity contribution in [2.24, 2.45) is 0 Å². The number of rotatable bonds is 2. The number of furan rings is 1. The van der Waals surface area contributed by atoms with Crippen LogP contribution in [0.15, 0.2) is 16.5 Å². The summed E-state index contributed by atoms with van der Waals surface area (Å²) in [6.45, 7) is 10.3. The molecule has 5 nitrogen and oxygen atoms in total. The van der Waals surface area contributed by atoms with Crippen molar-refractivity contribution in [1.82, 2.24) is 14.6 Å². The van der Waals surface area contributed by atoms with Crippen LogP contribution in [0.1, 0.15) is 22.8 Å². The summed E-state index contributed by atoms with van der Waals surface area (Å²) in [6, 6.07) is 4.11. The van der Waals surface area contributed by atoms with E-state index in [0.29, 0.717) is 0 Å².